The van der Waals surface area contributed by atoms with Crippen LogP contribution in [0.2, 0.25) is 10.0 Å². The number of amides is 1. The molecule has 0 bridgehead atoms. The number of carboxylic acids is 1. The van der Waals surface area contributed by atoms with E-state index in [4.69, 9.17) is 33.0 Å². The molecule has 0 saturated carbocycles. The Balaban J connectivity index is 1.79. The molecule has 1 aliphatic heterocycles. The van der Waals surface area contributed by atoms with Gasteiger partial charge in [-0.3, -0.25) is 9.59 Å². The largest absolute Gasteiger partial charge is 0.480 e. The molecule has 0 atom stereocenters. The van der Waals surface area contributed by atoms with Crippen molar-refractivity contribution in [3.05, 3.63) is 61.7 Å². The Labute approximate surface area is 233 Å². The Bertz CT molecular complexity index is 1370. The molecule has 37 heavy (non-hydrogen) atoms. The molecule has 0 spiro atoms. The number of hydrogen-bond acceptors (Lipinski definition) is 6. The summed E-state index contributed by atoms with van der Waals surface area (Å²) in [5.74, 6) is -2.24. The van der Waals surface area contributed by atoms with Crippen LogP contribution in [0.5, 0.6) is 11.5 Å². The van der Waals surface area contributed by atoms with Crippen LogP contribution in [0.4, 0.5) is 4.39 Å². The van der Waals surface area contributed by atoms with Gasteiger partial charge < -0.3 is 10.0 Å². The molecule has 14 heteroatoms. The minimum absolute atomic E-state index is 0.112. The maximum absolute atomic E-state index is 14.9. The fraction of sp³-hybridized carbons (Fsp3) is 0.261. The number of benzene rings is 2. The van der Waals surface area contributed by atoms with Crippen LogP contribution in [-0.4, -0.2) is 54.0 Å². The summed E-state index contributed by atoms with van der Waals surface area (Å²) < 4.78 is 50.8. The predicted molar refractivity (Wildman–Crippen MR) is 133 cm³/mol. The molecule has 3 rings (SSSR count). The molecule has 2 N–H and O–H groups in total. The second-order valence-electron chi connectivity index (χ2n) is 7.73. The third-order valence-corrected chi connectivity index (χ3v) is 8.80. The number of sulfonamides is 1. The van der Waals surface area contributed by atoms with E-state index < -0.39 is 33.3 Å². The number of ether oxygens (including phenoxy) is 1. The van der Waals surface area contributed by atoms with Gasteiger partial charge in [0.1, 0.15) is 6.54 Å². The average molecular weight is 685 g/mol. The molecule has 0 aliphatic carbocycles. The molecule has 0 radical (unpaired) electrons. The van der Waals surface area contributed by atoms with E-state index in [1.165, 1.54) is 11.8 Å². The third-order valence-electron chi connectivity index (χ3n) is 4.97. The number of nitrogens with zero attached hydrogens (tertiary/aromatic N) is 2. The summed E-state index contributed by atoms with van der Waals surface area (Å²) >= 11 is 12.0. The van der Waals surface area contributed by atoms with Crippen molar-refractivity contribution in [3.63, 3.8) is 0 Å². The first-order chi connectivity index (χ1) is 17.5. The first kappa shape index (κ1) is 29.1. The molecule has 0 unspecified atom stereocenters. The monoisotopic (exact) mass is 684 g/mol. The van der Waals surface area contributed by atoms with Gasteiger partial charge in [0.05, 0.1) is 0 Å². The summed E-state index contributed by atoms with van der Waals surface area (Å²) in [4.78, 5) is 27.2. The van der Waals surface area contributed by atoms with Crippen LogP contribution in [0.25, 0.3) is 0 Å². The fourth-order valence-corrected chi connectivity index (χ4v) is 6.46. The van der Waals surface area contributed by atoms with Gasteiger partial charge in [-0.15, -0.1) is 0 Å². The molecule has 1 aliphatic rings. The Morgan fingerprint density at radius 1 is 1.24 bits per heavy atom. The minimum Gasteiger partial charge on any atom is -0.480 e. The van der Waals surface area contributed by atoms with E-state index in [-0.39, 0.29) is 56.0 Å². The van der Waals surface area contributed by atoms with Crippen LogP contribution < -0.4 is 30.7 Å². The van der Waals surface area contributed by atoms with E-state index in [9.17, 15) is 22.4 Å². The SMILES string of the molecule is CC(=O)N(CCCc1cc(Cl)ccc1Oc1cc(F)c(S(=O)(=O)NC2=C[I-]CC=N2)cc1Cl)CC(=O)O. The summed E-state index contributed by atoms with van der Waals surface area (Å²) in [5, 5.41) is 9.24. The minimum atomic E-state index is -4.27. The van der Waals surface area contributed by atoms with E-state index in [2.05, 4.69) is 9.71 Å². The van der Waals surface area contributed by atoms with Crippen LogP contribution in [0.15, 0.2) is 50.1 Å². The maximum atomic E-state index is 14.9. The van der Waals surface area contributed by atoms with Crippen LogP contribution >= 0.6 is 23.2 Å². The number of aliphatic imine (C=N–C) groups is 1. The average Bonchev–Trinajstić information content (AvgIpc) is 2.82. The summed E-state index contributed by atoms with van der Waals surface area (Å²) in [7, 11) is -4.27. The Hall–Kier alpha value is -2.42. The molecular formula is C23H22Cl2FIN3O6S-. The first-order valence-corrected chi connectivity index (χ1v) is 15.7. The Morgan fingerprint density at radius 2 is 2.00 bits per heavy atom. The van der Waals surface area contributed by atoms with Crippen molar-refractivity contribution < 1.29 is 53.4 Å². The number of halogens is 4. The molecule has 9 nitrogen and oxygen atoms in total. The van der Waals surface area contributed by atoms with Gasteiger partial charge in [-0.05, 0) is 6.42 Å². The summed E-state index contributed by atoms with van der Waals surface area (Å²) in [6.07, 6.45) is 2.36. The van der Waals surface area contributed by atoms with Gasteiger partial charge in [0.15, 0.2) is 0 Å². The molecule has 1 amide bonds. The molecule has 200 valence electrons. The second-order valence-corrected chi connectivity index (χ2v) is 12.6. The van der Waals surface area contributed by atoms with Crippen molar-refractivity contribution in [3.8, 4) is 11.5 Å². The van der Waals surface area contributed by atoms with Gasteiger partial charge in [0.2, 0.25) is 5.91 Å². The predicted octanol–water partition coefficient (Wildman–Crippen LogP) is 1.04. The zero-order valence-corrected chi connectivity index (χ0v) is 23.9. The molecular weight excluding hydrogens is 663 g/mol. The summed E-state index contributed by atoms with van der Waals surface area (Å²) in [6.45, 7) is 1.05. The normalized spacial score (nSPS) is 13.4. The number of alkyl halides is 1. The molecule has 0 aromatic heterocycles. The smallest absolute Gasteiger partial charge is 0.323 e. The number of nitrogens with one attached hydrogen (secondary N) is 1. The number of hydrogen-bond donors (Lipinski definition) is 2. The van der Waals surface area contributed by atoms with Gasteiger partial charge >= 0.3 is 166 Å². The number of carbonyl (C=O) groups is 2. The van der Waals surface area contributed by atoms with Crippen molar-refractivity contribution >= 4 is 51.3 Å². The van der Waals surface area contributed by atoms with E-state index in [1.807, 2.05) is 0 Å². The van der Waals surface area contributed by atoms with Gasteiger partial charge in [-0.2, -0.15) is 0 Å². The van der Waals surface area contributed by atoms with Crippen LogP contribution in [0.3, 0.4) is 0 Å². The van der Waals surface area contributed by atoms with E-state index >= 15 is 0 Å². The molecule has 0 saturated heterocycles. The van der Waals surface area contributed by atoms with E-state index in [1.54, 1.807) is 28.5 Å². The summed E-state index contributed by atoms with van der Waals surface area (Å²) in [5.41, 5.74) is 0.603. The van der Waals surface area contributed by atoms with Crippen molar-refractivity contribution in [2.45, 2.75) is 24.7 Å². The van der Waals surface area contributed by atoms with Crippen LogP contribution in [-0.2, 0) is 26.0 Å². The van der Waals surface area contributed by atoms with Gasteiger partial charge in [0, 0.05) is 18.5 Å². The van der Waals surface area contributed by atoms with Crippen molar-refractivity contribution in [2.75, 3.05) is 17.5 Å². The zero-order valence-electron chi connectivity index (χ0n) is 19.4. The summed E-state index contributed by atoms with van der Waals surface area (Å²) in [6, 6.07) is 6.57. The number of aryl methyl sites for hydroxylation is 1. The topological polar surface area (TPSA) is 125 Å². The molecule has 0 fully saturated rings. The van der Waals surface area contributed by atoms with Crippen LogP contribution in [0, 0.1) is 5.82 Å². The third kappa shape index (κ3) is 8.28. The number of rotatable bonds is 11. The Morgan fingerprint density at radius 3 is 2.65 bits per heavy atom. The molecule has 2 aromatic carbocycles. The van der Waals surface area contributed by atoms with Gasteiger partial charge in [-0.1, -0.05) is 11.6 Å². The van der Waals surface area contributed by atoms with E-state index in [0.717, 1.165) is 16.6 Å². The second kappa shape index (κ2) is 12.9. The van der Waals surface area contributed by atoms with Gasteiger partial charge in [0.25, 0.3) is 0 Å². The fourth-order valence-electron chi connectivity index (χ4n) is 3.29. The van der Waals surface area contributed by atoms with Crippen molar-refractivity contribution in [1.29, 1.82) is 0 Å². The van der Waals surface area contributed by atoms with Crippen molar-refractivity contribution in [2.24, 2.45) is 4.99 Å². The molecule has 2 aromatic rings. The first-order valence-electron chi connectivity index (χ1n) is 10.7. The van der Waals surface area contributed by atoms with Gasteiger partial charge in [-0.25, -0.2) is 0 Å². The standard InChI is InChI=1S/C23H22Cl2FIN3O6S/c1-14(31)30(13-23(32)33)8-2-3-15-9-16(24)4-5-19(15)36-20-11-18(26)21(10-17(20)25)37(34,35)29-22-12-27-6-7-28-22/h4-5,7,9-12,29H,2-3,6,8,13H2,1H3,(H,32,33)/q-1. The number of carbonyl (C=O) groups excluding carboxylic acids is 1. The Kier molecular flexibility index (Phi) is 10.2. The zero-order chi connectivity index (χ0) is 27.2. The van der Waals surface area contributed by atoms with Crippen LogP contribution in [0.1, 0.15) is 18.9 Å². The van der Waals surface area contributed by atoms with E-state index in [0.29, 0.717) is 23.4 Å². The number of aliphatic carboxylic acids is 1. The number of carboxylic acid groups (broad SMARTS) is 1. The maximum Gasteiger partial charge on any atom is 0.323 e. The molecule has 1 heterocycles. The quantitative estimate of drug-likeness (QED) is 0.269. The van der Waals surface area contributed by atoms with Crippen molar-refractivity contribution in [1.82, 2.24) is 9.62 Å².